The van der Waals surface area contributed by atoms with Gasteiger partial charge < -0.3 is 15.0 Å². The number of halogens is 2. The van der Waals surface area contributed by atoms with Crippen molar-refractivity contribution in [2.45, 2.75) is 45.3 Å². The first-order chi connectivity index (χ1) is 14.7. The molecule has 0 aliphatic carbocycles. The number of hydrogen-bond donors (Lipinski definition) is 1. The second kappa shape index (κ2) is 6.91. The summed E-state index contributed by atoms with van der Waals surface area (Å²) >= 11 is 0. The monoisotopic (exact) mass is 429 g/mol. The first-order valence-corrected chi connectivity index (χ1v) is 9.98. The lowest BCUT2D eigenvalue weighted by Crippen LogP contribution is -2.37. The summed E-state index contributed by atoms with van der Waals surface area (Å²) < 4.78 is 35.1. The Labute approximate surface area is 176 Å². The highest BCUT2D eigenvalue weighted by Crippen LogP contribution is 2.37. The van der Waals surface area contributed by atoms with Crippen LogP contribution in [-0.2, 0) is 15.5 Å². The number of morpholine rings is 1. The van der Waals surface area contributed by atoms with Gasteiger partial charge in [-0.05, 0) is 13.3 Å². The normalized spacial score (nSPS) is 20.6. The number of carbonyl (C=O) groups is 1. The van der Waals surface area contributed by atoms with E-state index in [0.29, 0.717) is 36.0 Å². The van der Waals surface area contributed by atoms with Crippen LogP contribution in [0.3, 0.4) is 0 Å². The van der Waals surface area contributed by atoms with Gasteiger partial charge in [-0.15, -0.1) is 5.10 Å². The summed E-state index contributed by atoms with van der Waals surface area (Å²) in [7, 11) is 0. The molecule has 1 amide bonds. The molecule has 0 radical (unpaired) electrons. The molecule has 2 atom stereocenters. The van der Waals surface area contributed by atoms with Crippen LogP contribution in [0.15, 0.2) is 18.3 Å². The Kier molecular flexibility index (Phi) is 4.40. The van der Waals surface area contributed by atoms with Crippen LogP contribution in [0, 0.1) is 6.92 Å². The Balaban J connectivity index is 1.70. The molecule has 2 aliphatic heterocycles. The maximum Gasteiger partial charge on any atom is 0.303 e. The third-order valence-corrected chi connectivity index (χ3v) is 5.47. The van der Waals surface area contributed by atoms with E-state index in [-0.39, 0.29) is 23.9 Å². The molecule has 1 N–H and O–H groups in total. The van der Waals surface area contributed by atoms with Crippen LogP contribution in [0.1, 0.15) is 31.8 Å². The zero-order chi connectivity index (χ0) is 21.9. The van der Waals surface area contributed by atoms with Crippen molar-refractivity contribution in [1.82, 2.24) is 24.7 Å². The number of hydrogen-bond acceptors (Lipinski definition) is 7. The molecule has 2 bridgehead atoms. The van der Waals surface area contributed by atoms with Gasteiger partial charge in [-0.25, -0.2) is 19.6 Å². The van der Waals surface area contributed by atoms with E-state index in [4.69, 9.17) is 9.84 Å². The van der Waals surface area contributed by atoms with E-state index in [2.05, 4.69) is 25.2 Å². The summed E-state index contributed by atoms with van der Waals surface area (Å²) in [5, 5.41) is 8.13. The molecule has 11 heteroatoms. The van der Waals surface area contributed by atoms with Crippen molar-refractivity contribution in [3.05, 3.63) is 29.8 Å². The number of pyridine rings is 1. The number of nitrogens with one attached hydrogen (secondary N) is 1. The summed E-state index contributed by atoms with van der Waals surface area (Å²) in [5.41, 5.74) is 0.998. The Morgan fingerprint density at radius 1 is 1.32 bits per heavy atom. The lowest BCUT2D eigenvalue weighted by Gasteiger charge is -2.26. The van der Waals surface area contributed by atoms with E-state index in [1.54, 1.807) is 25.3 Å². The first kappa shape index (κ1) is 19.7. The van der Waals surface area contributed by atoms with Gasteiger partial charge in [0, 0.05) is 44.4 Å². The fourth-order valence-corrected chi connectivity index (χ4v) is 4.15. The fourth-order valence-electron chi connectivity index (χ4n) is 4.15. The molecule has 31 heavy (non-hydrogen) atoms. The lowest BCUT2D eigenvalue weighted by atomic mass is 10.2. The van der Waals surface area contributed by atoms with Crippen LogP contribution < -0.4 is 10.2 Å². The third-order valence-electron chi connectivity index (χ3n) is 5.47. The second-order valence-corrected chi connectivity index (χ2v) is 8.08. The molecule has 3 aromatic rings. The Morgan fingerprint density at radius 2 is 2.13 bits per heavy atom. The van der Waals surface area contributed by atoms with Gasteiger partial charge in [0.25, 0.3) is 0 Å². The number of amides is 1. The second-order valence-electron chi connectivity index (χ2n) is 8.08. The highest BCUT2D eigenvalue weighted by Gasteiger charge is 2.41. The maximum absolute atomic E-state index is 14.0. The number of aromatic nitrogens is 5. The molecule has 162 valence electrons. The third kappa shape index (κ3) is 3.48. The highest BCUT2D eigenvalue weighted by molar-refractivity contribution is 5.95. The van der Waals surface area contributed by atoms with Gasteiger partial charge in [-0.3, -0.25) is 4.79 Å². The molecule has 9 nitrogen and oxygen atoms in total. The lowest BCUT2D eigenvalue weighted by molar-refractivity contribution is -0.114. The number of carbonyl (C=O) groups excluding carboxylic acids is 1. The van der Waals surface area contributed by atoms with E-state index in [0.717, 1.165) is 18.7 Å². The molecule has 0 saturated carbocycles. The van der Waals surface area contributed by atoms with Crippen molar-refractivity contribution in [3.63, 3.8) is 0 Å². The van der Waals surface area contributed by atoms with Crippen molar-refractivity contribution in [2.75, 3.05) is 23.4 Å². The predicted octanol–water partition coefficient (Wildman–Crippen LogP) is 2.57. The van der Waals surface area contributed by atoms with Crippen LogP contribution >= 0.6 is 0 Å². The average Bonchev–Trinajstić information content (AvgIpc) is 3.40. The SMILES string of the molecule is CC(=O)Nc1cc2c(cn1)c(N1CC3CC1CO3)nn2-c1cc(C)nc(C(C)(F)F)n1. The topological polar surface area (TPSA) is 98.1 Å². The van der Waals surface area contributed by atoms with Crippen LogP contribution in [0.5, 0.6) is 0 Å². The molecule has 2 fully saturated rings. The number of anilines is 2. The van der Waals surface area contributed by atoms with E-state index in [1.807, 2.05) is 0 Å². The minimum Gasteiger partial charge on any atom is -0.374 e. The summed E-state index contributed by atoms with van der Waals surface area (Å²) in [6, 6.07) is 3.47. The Bertz CT molecular complexity index is 1190. The number of ether oxygens (including phenoxy) is 1. The molecular formula is C20H21F2N7O2. The van der Waals surface area contributed by atoms with Gasteiger partial charge >= 0.3 is 5.92 Å². The van der Waals surface area contributed by atoms with Gasteiger partial charge in [0.15, 0.2) is 11.6 Å². The van der Waals surface area contributed by atoms with E-state index in [1.165, 1.54) is 11.6 Å². The van der Waals surface area contributed by atoms with Crippen molar-refractivity contribution >= 4 is 28.4 Å². The summed E-state index contributed by atoms with van der Waals surface area (Å²) in [5.74, 6) is -2.78. The zero-order valence-corrected chi connectivity index (χ0v) is 17.3. The minimum atomic E-state index is -3.19. The zero-order valence-electron chi connectivity index (χ0n) is 17.3. The molecule has 2 aliphatic rings. The van der Waals surface area contributed by atoms with Crippen molar-refractivity contribution in [2.24, 2.45) is 0 Å². The van der Waals surface area contributed by atoms with Gasteiger partial charge in [0.05, 0.1) is 29.7 Å². The van der Waals surface area contributed by atoms with Gasteiger partial charge in [0.2, 0.25) is 11.7 Å². The number of nitrogens with zero attached hydrogens (tertiary/aromatic N) is 6. The van der Waals surface area contributed by atoms with Crippen LogP contribution in [-0.4, -0.2) is 55.9 Å². The highest BCUT2D eigenvalue weighted by atomic mass is 19.3. The quantitative estimate of drug-likeness (QED) is 0.681. The molecule has 2 saturated heterocycles. The number of alkyl halides is 2. The van der Waals surface area contributed by atoms with E-state index >= 15 is 0 Å². The molecular weight excluding hydrogens is 408 g/mol. The van der Waals surface area contributed by atoms with Crippen LogP contribution in [0.2, 0.25) is 0 Å². The van der Waals surface area contributed by atoms with Crippen LogP contribution in [0.25, 0.3) is 16.7 Å². The molecule has 2 unspecified atom stereocenters. The van der Waals surface area contributed by atoms with Gasteiger partial charge in [0.1, 0.15) is 5.82 Å². The van der Waals surface area contributed by atoms with Gasteiger partial charge in [-0.1, -0.05) is 0 Å². The molecule has 3 aromatic heterocycles. The minimum absolute atomic E-state index is 0.156. The molecule has 0 aromatic carbocycles. The largest absolute Gasteiger partial charge is 0.374 e. The summed E-state index contributed by atoms with van der Waals surface area (Å²) in [6.45, 7) is 5.10. The summed E-state index contributed by atoms with van der Waals surface area (Å²) in [4.78, 5) is 26.0. The average molecular weight is 429 g/mol. The predicted molar refractivity (Wildman–Crippen MR) is 109 cm³/mol. The number of fused-ring (bicyclic) bond motifs is 3. The smallest absolute Gasteiger partial charge is 0.303 e. The number of aryl methyl sites for hydroxylation is 1. The Hall–Kier alpha value is -3.21. The van der Waals surface area contributed by atoms with Crippen molar-refractivity contribution in [1.29, 1.82) is 0 Å². The number of rotatable bonds is 4. The fraction of sp³-hybridized carbons (Fsp3) is 0.450. The molecule has 5 heterocycles. The van der Waals surface area contributed by atoms with Gasteiger partial charge in [-0.2, -0.15) is 8.78 Å². The standard InChI is InChI=1S/C20H21F2N7O2/c1-10-4-17(26-19(24-10)20(3,21)22)29-15-6-16(25-11(2)30)23-7-14(15)18(27-29)28-8-13-5-12(28)9-31-13/h4,6-7,12-13H,5,8-9H2,1-3H3,(H,23,25,30). The molecule has 5 rings (SSSR count). The van der Waals surface area contributed by atoms with E-state index in [9.17, 15) is 13.6 Å². The molecule has 0 spiro atoms. The Morgan fingerprint density at radius 3 is 2.77 bits per heavy atom. The maximum atomic E-state index is 14.0. The summed E-state index contributed by atoms with van der Waals surface area (Å²) in [6.07, 6.45) is 2.71. The first-order valence-electron chi connectivity index (χ1n) is 9.98. The van der Waals surface area contributed by atoms with Crippen LogP contribution in [0.4, 0.5) is 20.4 Å². The van der Waals surface area contributed by atoms with Crippen molar-refractivity contribution < 1.29 is 18.3 Å². The van der Waals surface area contributed by atoms with E-state index < -0.39 is 11.7 Å². The van der Waals surface area contributed by atoms with Crippen molar-refractivity contribution in [3.8, 4) is 5.82 Å².